The Balaban J connectivity index is 2.82. The molecule has 1 aromatic carbocycles. The summed E-state index contributed by atoms with van der Waals surface area (Å²) in [7, 11) is 1.51. The lowest BCUT2D eigenvalue weighted by Gasteiger charge is -2.22. The SMILES string of the molecule is CCN(CCC(=O)O)Cc1ccc(F)c(N(C)CC(=O)O)c1. The number of anilines is 1. The molecular formula is C15H21FN2O4. The van der Waals surface area contributed by atoms with Crippen molar-refractivity contribution in [2.75, 3.05) is 31.6 Å². The molecule has 0 saturated carbocycles. The molecule has 0 spiro atoms. The Kier molecular flexibility index (Phi) is 6.78. The van der Waals surface area contributed by atoms with E-state index in [0.29, 0.717) is 19.6 Å². The standard InChI is InChI=1S/C15H21FN2O4/c1-3-18(7-6-14(19)20)9-11-4-5-12(16)13(8-11)17(2)10-15(21)22/h4-5,8H,3,6-7,9-10H2,1-2H3,(H,19,20)(H,21,22). The van der Waals surface area contributed by atoms with Gasteiger partial charge < -0.3 is 15.1 Å². The molecule has 122 valence electrons. The maximum absolute atomic E-state index is 13.8. The first-order chi connectivity index (χ1) is 10.3. The van der Waals surface area contributed by atoms with Crippen molar-refractivity contribution in [1.82, 2.24) is 4.90 Å². The summed E-state index contributed by atoms with van der Waals surface area (Å²) in [4.78, 5) is 24.6. The van der Waals surface area contributed by atoms with E-state index in [1.807, 2.05) is 11.8 Å². The third-order valence-electron chi connectivity index (χ3n) is 3.29. The van der Waals surface area contributed by atoms with Crippen molar-refractivity contribution >= 4 is 17.6 Å². The van der Waals surface area contributed by atoms with Gasteiger partial charge in [-0.25, -0.2) is 4.39 Å². The maximum Gasteiger partial charge on any atom is 0.323 e. The molecule has 7 heteroatoms. The highest BCUT2D eigenvalue weighted by molar-refractivity contribution is 5.73. The van der Waals surface area contributed by atoms with Crippen molar-refractivity contribution in [3.05, 3.63) is 29.6 Å². The molecular weight excluding hydrogens is 291 g/mol. The zero-order chi connectivity index (χ0) is 16.7. The number of benzene rings is 1. The summed E-state index contributed by atoms with van der Waals surface area (Å²) in [5.74, 6) is -2.38. The van der Waals surface area contributed by atoms with Crippen molar-refractivity contribution in [3.63, 3.8) is 0 Å². The van der Waals surface area contributed by atoms with Crippen LogP contribution in [0.4, 0.5) is 10.1 Å². The van der Waals surface area contributed by atoms with Gasteiger partial charge in [-0.2, -0.15) is 0 Å². The predicted octanol–water partition coefficient (Wildman–Crippen LogP) is 1.64. The lowest BCUT2D eigenvalue weighted by Crippen LogP contribution is -2.27. The number of nitrogens with zero attached hydrogens (tertiary/aromatic N) is 2. The Morgan fingerprint density at radius 3 is 2.45 bits per heavy atom. The average Bonchev–Trinajstić information content (AvgIpc) is 2.44. The Hall–Kier alpha value is -2.15. The van der Waals surface area contributed by atoms with Gasteiger partial charge in [0.15, 0.2) is 0 Å². The second-order valence-corrected chi connectivity index (χ2v) is 5.05. The largest absolute Gasteiger partial charge is 0.481 e. The summed E-state index contributed by atoms with van der Waals surface area (Å²) < 4.78 is 13.8. The number of hydrogen-bond donors (Lipinski definition) is 2. The van der Waals surface area contributed by atoms with Crippen LogP contribution in [-0.4, -0.2) is 53.7 Å². The molecule has 0 unspecified atom stereocenters. The molecule has 0 aliphatic carbocycles. The highest BCUT2D eigenvalue weighted by Crippen LogP contribution is 2.20. The van der Waals surface area contributed by atoms with Gasteiger partial charge in [0.1, 0.15) is 12.4 Å². The average molecular weight is 312 g/mol. The van der Waals surface area contributed by atoms with Crippen LogP contribution in [0.5, 0.6) is 0 Å². The molecule has 6 nitrogen and oxygen atoms in total. The van der Waals surface area contributed by atoms with E-state index in [0.717, 1.165) is 5.56 Å². The van der Waals surface area contributed by atoms with E-state index >= 15 is 0 Å². The second kappa shape index (κ2) is 8.33. The van der Waals surface area contributed by atoms with Crippen molar-refractivity contribution in [3.8, 4) is 0 Å². The highest BCUT2D eigenvalue weighted by Gasteiger charge is 2.13. The molecule has 0 aliphatic heterocycles. The van der Waals surface area contributed by atoms with Crippen LogP contribution in [0.1, 0.15) is 18.9 Å². The van der Waals surface area contributed by atoms with Gasteiger partial charge in [-0.15, -0.1) is 0 Å². The highest BCUT2D eigenvalue weighted by atomic mass is 19.1. The van der Waals surface area contributed by atoms with Crippen molar-refractivity contribution in [1.29, 1.82) is 0 Å². The number of carbonyl (C=O) groups is 2. The van der Waals surface area contributed by atoms with Crippen molar-refractivity contribution < 1.29 is 24.2 Å². The van der Waals surface area contributed by atoms with Crippen molar-refractivity contribution in [2.45, 2.75) is 19.9 Å². The first-order valence-corrected chi connectivity index (χ1v) is 6.99. The summed E-state index contributed by atoms with van der Waals surface area (Å²) in [5.41, 5.74) is 1.02. The second-order valence-electron chi connectivity index (χ2n) is 5.05. The number of likely N-dealkylation sites (N-methyl/N-ethyl adjacent to an activating group) is 1. The summed E-state index contributed by atoms with van der Waals surface area (Å²) in [6.45, 7) is 3.19. The number of carboxylic acids is 2. The lowest BCUT2D eigenvalue weighted by atomic mass is 10.1. The molecule has 1 rings (SSSR count). The number of hydrogen-bond acceptors (Lipinski definition) is 4. The summed E-state index contributed by atoms with van der Waals surface area (Å²) in [6.07, 6.45) is 0.0425. The van der Waals surface area contributed by atoms with Crippen LogP contribution >= 0.6 is 0 Å². The summed E-state index contributed by atoms with van der Waals surface area (Å²) in [5, 5.41) is 17.5. The minimum absolute atomic E-state index is 0.0425. The summed E-state index contributed by atoms with van der Waals surface area (Å²) in [6, 6.07) is 4.52. The van der Waals surface area contributed by atoms with Gasteiger partial charge in [0, 0.05) is 20.1 Å². The van der Waals surface area contributed by atoms with Gasteiger partial charge >= 0.3 is 11.9 Å². The van der Waals surface area contributed by atoms with E-state index in [1.54, 1.807) is 12.1 Å². The number of carboxylic acid groups (broad SMARTS) is 2. The quantitative estimate of drug-likeness (QED) is 0.721. The van der Waals surface area contributed by atoms with E-state index < -0.39 is 17.8 Å². The fourth-order valence-corrected chi connectivity index (χ4v) is 2.10. The van der Waals surface area contributed by atoms with Gasteiger partial charge in [0.05, 0.1) is 12.1 Å². The first kappa shape index (κ1) is 17.9. The topological polar surface area (TPSA) is 81.1 Å². The normalized spacial score (nSPS) is 10.7. The molecule has 0 atom stereocenters. The minimum atomic E-state index is -1.04. The number of halogens is 1. The monoisotopic (exact) mass is 312 g/mol. The van der Waals surface area contributed by atoms with E-state index in [9.17, 15) is 14.0 Å². The number of rotatable bonds is 9. The van der Waals surface area contributed by atoms with Crippen LogP contribution in [-0.2, 0) is 16.1 Å². The molecule has 0 amide bonds. The molecule has 2 N–H and O–H groups in total. The Bertz CT molecular complexity index is 536. The Labute approximate surface area is 128 Å². The van der Waals surface area contributed by atoms with E-state index in [2.05, 4.69) is 0 Å². The third-order valence-corrected chi connectivity index (χ3v) is 3.29. The zero-order valence-electron chi connectivity index (χ0n) is 12.8. The third kappa shape index (κ3) is 5.69. The van der Waals surface area contributed by atoms with Gasteiger partial charge in [-0.1, -0.05) is 13.0 Å². The fraction of sp³-hybridized carbons (Fsp3) is 0.467. The first-order valence-electron chi connectivity index (χ1n) is 6.99. The van der Waals surface area contributed by atoms with Crippen LogP contribution < -0.4 is 4.90 Å². The Morgan fingerprint density at radius 2 is 1.91 bits per heavy atom. The molecule has 22 heavy (non-hydrogen) atoms. The maximum atomic E-state index is 13.8. The molecule has 0 aromatic heterocycles. The smallest absolute Gasteiger partial charge is 0.323 e. The lowest BCUT2D eigenvalue weighted by molar-refractivity contribution is -0.137. The van der Waals surface area contributed by atoms with E-state index in [4.69, 9.17) is 10.2 Å². The van der Waals surface area contributed by atoms with Gasteiger partial charge in [0.25, 0.3) is 0 Å². The van der Waals surface area contributed by atoms with E-state index in [1.165, 1.54) is 18.0 Å². The van der Waals surface area contributed by atoms with Gasteiger partial charge in [0.2, 0.25) is 0 Å². The van der Waals surface area contributed by atoms with E-state index in [-0.39, 0.29) is 18.7 Å². The van der Waals surface area contributed by atoms with Gasteiger partial charge in [-0.05, 0) is 24.2 Å². The summed E-state index contributed by atoms with van der Waals surface area (Å²) >= 11 is 0. The minimum Gasteiger partial charge on any atom is -0.481 e. The fourth-order valence-electron chi connectivity index (χ4n) is 2.10. The van der Waals surface area contributed by atoms with Crippen LogP contribution in [0, 0.1) is 5.82 Å². The molecule has 0 fully saturated rings. The van der Waals surface area contributed by atoms with Crippen molar-refractivity contribution in [2.24, 2.45) is 0 Å². The number of aliphatic carboxylic acids is 2. The van der Waals surface area contributed by atoms with Crippen LogP contribution in [0.15, 0.2) is 18.2 Å². The van der Waals surface area contributed by atoms with Gasteiger partial charge in [-0.3, -0.25) is 14.5 Å². The molecule has 0 heterocycles. The van der Waals surface area contributed by atoms with Crippen LogP contribution in [0.2, 0.25) is 0 Å². The Morgan fingerprint density at radius 1 is 1.23 bits per heavy atom. The molecule has 0 radical (unpaired) electrons. The molecule has 0 aliphatic rings. The van der Waals surface area contributed by atoms with Crippen LogP contribution in [0.25, 0.3) is 0 Å². The zero-order valence-corrected chi connectivity index (χ0v) is 12.8. The molecule has 1 aromatic rings. The molecule has 0 saturated heterocycles. The predicted molar refractivity (Wildman–Crippen MR) is 80.5 cm³/mol. The van der Waals surface area contributed by atoms with Crippen LogP contribution in [0.3, 0.4) is 0 Å². The molecule has 0 bridgehead atoms.